The molecule has 108 valence electrons. The second-order valence-corrected chi connectivity index (χ2v) is 5.34. The topological polar surface area (TPSA) is 88.2 Å². The van der Waals surface area contributed by atoms with Crippen LogP contribution in [0.25, 0.3) is 11.0 Å². The molecule has 0 amide bonds. The first-order chi connectivity index (χ1) is 10.1. The van der Waals surface area contributed by atoms with E-state index < -0.39 is 5.97 Å². The van der Waals surface area contributed by atoms with Crippen molar-refractivity contribution in [3.05, 3.63) is 40.3 Å². The number of hydrogen-bond donors (Lipinski definition) is 2. The van der Waals surface area contributed by atoms with Crippen LogP contribution in [0.5, 0.6) is 0 Å². The van der Waals surface area contributed by atoms with Crippen LogP contribution in [-0.4, -0.2) is 19.8 Å². The van der Waals surface area contributed by atoms with Gasteiger partial charge in [0.25, 0.3) is 0 Å². The van der Waals surface area contributed by atoms with Crippen LogP contribution in [0.3, 0.4) is 0 Å². The van der Waals surface area contributed by atoms with Gasteiger partial charge in [0.15, 0.2) is 0 Å². The molecule has 0 aliphatic rings. The fourth-order valence-corrected chi connectivity index (χ4v) is 2.74. The van der Waals surface area contributed by atoms with Crippen LogP contribution < -0.4 is 5.32 Å². The number of hydrogen-bond acceptors (Lipinski definition) is 6. The zero-order chi connectivity index (χ0) is 15.0. The third kappa shape index (κ3) is 2.57. The van der Waals surface area contributed by atoms with Gasteiger partial charge < -0.3 is 14.8 Å². The maximum Gasteiger partial charge on any atom is 0.371 e. The molecule has 0 bridgehead atoms. The smallest absolute Gasteiger partial charge is 0.371 e. The standard InChI is InChI=1S/C13H10ClN3O3S/c1-6-7(4-10(20-6)13(18)19)5-15-11-8(14)2-3-9-12(11)17-21-16-9/h2-4,15H,5H2,1H3,(H,18,19). The number of halogens is 1. The van der Waals surface area contributed by atoms with Gasteiger partial charge in [-0.25, -0.2) is 4.79 Å². The summed E-state index contributed by atoms with van der Waals surface area (Å²) in [5.41, 5.74) is 2.90. The van der Waals surface area contributed by atoms with E-state index >= 15 is 0 Å². The van der Waals surface area contributed by atoms with Crippen molar-refractivity contribution in [2.75, 3.05) is 5.32 Å². The highest BCUT2D eigenvalue weighted by molar-refractivity contribution is 7.00. The van der Waals surface area contributed by atoms with Gasteiger partial charge in [0.2, 0.25) is 5.76 Å². The van der Waals surface area contributed by atoms with E-state index in [-0.39, 0.29) is 5.76 Å². The van der Waals surface area contributed by atoms with Crippen LogP contribution >= 0.6 is 23.3 Å². The van der Waals surface area contributed by atoms with E-state index in [0.29, 0.717) is 28.5 Å². The van der Waals surface area contributed by atoms with Gasteiger partial charge in [-0.3, -0.25) is 0 Å². The summed E-state index contributed by atoms with van der Waals surface area (Å²) in [6.07, 6.45) is 0. The van der Waals surface area contributed by atoms with Crippen molar-refractivity contribution in [2.45, 2.75) is 13.5 Å². The number of fused-ring (bicyclic) bond motifs is 1. The minimum absolute atomic E-state index is 0.0797. The fourth-order valence-electron chi connectivity index (χ4n) is 1.98. The third-order valence-corrected chi connectivity index (χ3v) is 3.92. The Kier molecular flexibility index (Phi) is 3.52. The molecule has 21 heavy (non-hydrogen) atoms. The summed E-state index contributed by atoms with van der Waals surface area (Å²) in [6.45, 7) is 2.11. The summed E-state index contributed by atoms with van der Waals surface area (Å²) in [4.78, 5) is 10.9. The van der Waals surface area contributed by atoms with E-state index in [9.17, 15) is 4.79 Å². The van der Waals surface area contributed by atoms with Gasteiger partial charge >= 0.3 is 5.97 Å². The largest absolute Gasteiger partial charge is 0.475 e. The number of carboxylic acids is 1. The number of benzene rings is 1. The van der Waals surface area contributed by atoms with Crippen LogP contribution in [0.2, 0.25) is 5.02 Å². The molecule has 8 heteroatoms. The molecule has 0 saturated heterocycles. The van der Waals surface area contributed by atoms with E-state index in [1.807, 2.05) is 0 Å². The lowest BCUT2D eigenvalue weighted by molar-refractivity contribution is 0.0661. The Balaban J connectivity index is 1.88. The molecule has 0 fully saturated rings. The van der Waals surface area contributed by atoms with Gasteiger partial charge in [0.05, 0.1) is 22.4 Å². The van der Waals surface area contributed by atoms with E-state index in [1.165, 1.54) is 6.07 Å². The molecular weight excluding hydrogens is 314 g/mol. The maximum absolute atomic E-state index is 10.9. The number of aryl methyl sites for hydroxylation is 1. The van der Waals surface area contributed by atoms with Gasteiger partial charge in [-0.15, -0.1) is 0 Å². The lowest BCUT2D eigenvalue weighted by atomic mass is 10.2. The number of nitrogens with one attached hydrogen (secondary N) is 1. The molecule has 1 aromatic carbocycles. The van der Waals surface area contributed by atoms with E-state index in [1.54, 1.807) is 19.1 Å². The highest BCUT2D eigenvalue weighted by Gasteiger charge is 2.14. The average molecular weight is 324 g/mol. The minimum atomic E-state index is -1.09. The van der Waals surface area contributed by atoms with Crippen LogP contribution in [-0.2, 0) is 6.54 Å². The lowest BCUT2D eigenvalue weighted by Gasteiger charge is -2.08. The average Bonchev–Trinajstić information content (AvgIpc) is 3.04. The summed E-state index contributed by atoms with van der Waals surface area (Å²) < 4.78 is 13.5. The summed E-state index contributed by atoms with van der Waals surface area (Å²) in [7, 11) is 0. The first-order valence-corrected chi connectivity index (χ1v) is 7.14. The zero-order valence-electron chi connectivity index (χ0n) is 10.9. The van der Waals surface area contributed by atoms with Crippen molar-refractivity contribution in [1.82, 2.24) is 8.75 Å². The van der Waals surface area contributed by atoms with E-state index in [2.05, 4.69) is 14.1 Å². The molecule has 0 unspecified atom stereocenters. The number of aromatic carboxylic acids is 1. The Morgan fingerprint density at radius 3 is 3.00 bits per heavy atom. The van der Waals surface area contributed by atoms with Crippen LogP contribution in [0, 0.1) is 6.92 Å². The molecule has 2 N–H and O–H groups in total. The predicted molar refractivity (Wildman–Crippen MR) is 80.2 cm³/mol. The first kappa shape index (κ1) is 13.8. The molecule has 3 rings (SSSR count). The molecule has 0 aliphatic heterocycles. The Bertz CT molecular complexity index is 827. The highest BCUT2D eigenvalue weighted by atomic mass is 35.5. The van der Waals surface area contributed by atoms with Crippen LogP contribution in [0.4, 0.5) is 5.69 Å². The molecule has 6 nitrogen and oxygen atoms in total. The molecule has 2 aromatic heterocycles. The normalized spacial score (nSPS) is 11.0. The van der Waals surface area contributed by atoms with Crippen LogP contribution in [0.1, 0.15) is 21.9 Å². The number of anilines is 1. The maximum atomic E-state index is 10.9. The Morgan fingerprint density at radius 2 is 2.29 bits per heavy atom. The Hall–Kier alpha value is -2.12. The van der Waals surface area contributed by atoms with Crippen molar-refractivity contribution < 1.29 is 14.3 Å². The molecule has 3 aromatic rings. The molecule has 0 aliphatic carbocycles. The van der Waals surface area contributed by atoms with Gasteiger partial charge in [0, 0.05) is 12.1 Å². The minimum Gasteiger partial charge on any atom is -0.475 e. The molecular formula is C13H10ClN3O3S. The number of carbonyl (C=O) groups is 1. The summed E-state index contributed by atoms with van der Waals surface area (Å²) in [5, 5.41) is 12.6. The first-order valence-electron chi connectivity index (χ1n) is 6.03. The number of carboxylic acid groups (broad SMARTS) is 1. The van der Waals surface area contributed by atoms with Gasteiger partial charge in [-0.1, -0.05) is 11.6 Å². The van der Waals surface area contributed by atoms with Crippen molar-refractivity contribution in [3.8, 4) is 0 Å². The van der Waals surface area contributed by atoms with Gasteiger partial charge in [-0.2, -0.15) is 8.75 Å². The van der Waals surface area contributed by atoms with Gasteiger partial charge in [0.1, 0.15) is 16.8 Å². The number of aromatic nitrogens is 2. The molecule has 0 radical (unpaired) electrons. The van der Waals surface area contributed by atoms with Gasteiger partial charge in [-0.05, 0) is 25.1 Å². The van der Waals surface area contributed by atoms with Crippen molar-refractivity contribution in [1.29, 1.82) is 0 Å². The summed E-state index contributed by atoms with van der Waals surface area (Å²) in [6, 6.07) is 5.05. The van der Waals surface area contributed by atoms with Crippen molar-refractivity contribution in [3.63, 3.8) is 0 Å². The van der Waals surface area contributed by atoms with E-state index in [4.69, 9.17) is 21.1 Å². The quantitative estimate of drug-likeness (QED) is 0.763. The lowest BCUT2D eigenvalue weighted by Crippen LogP contribution is -2.01. The SMILES string of the molecule is Cc1oc(C(=O)O)cc1CNc1c(Cl)ccc2nsnc12. The highest BCUT2D eigenvalue weighted by Crippen LogP contribution is 2.30. The monoisotopic (exact) mass is 323 g/mol. The number of furan rings is 1. The predicted octanol–water partition coefficient (Wildman–Crippen LogP) is 3.56. The van der Waals surface area contributed by atoms with E-state index in [0.717, 1.165) is 22.8 Å². The summed E-state index contributed by atoms with van der Waals surface area (Å²) in [5.74, 6) is -0.614. The Labute approximate surface area is 128 Å². The molecule has 0 saturated carbocycles. The summed E-state index contributed by atoms with van der Waals surface area (Å²) >= 11 is 7.29. The van der Waals surface area contributed by atoms with Crippen molar-refractivity contribution >= 4 is 46.0 Å². The second kappa shape index (κ2) is 5.34. The number of nitrogens with zero attached hydrogens (tertiary/aromatic N) is 2. The molecule has 0 spiro atoms. The third-order valence-electron chi connectivity index (χ3n) is 3.06. The number of rotatable bonds is 4. The van der Waals surface area contributed by atoms with Crippen molar-refractivity contribution in [2.24, 2.45) is 0 Å². The Morgan fingerprint density at radius 1 is 1.48 bits per heavy atom. The zero-order valence-corrected chi connectivity index (χ0v) is 12.5. The molecule has 2 heterocycles. The fraction of sp³-hybridized carbons (Fsp3) is 0.154. The molecule has 0 atom stereocenters. The second-order valence-electron chi connectivity index (χ2n) is 4.41. The van der Waals surface area contributed by atoms with Crippen LogP contribution in [0.15, 0.2) is 22.6 Å².